The fourth-order valence-electron chi connectivity index (χ4n) is 5.31. The van der Waals surface area contributed by atoms with Gasteiger partial charge in [0.15, 0.2) is 5.60 Å². The van der Waals surface area contributed by atoms with E-state index in [1.165, 1.54) is 30.7 Å². The molecule has 3 heterocycles. The first kappa shape index (κ1) is 28.2. The summed E-state index contributed by atoms with van der Waals surface area (Å²) in [5.74, 6) is -19.0. The molecule has 4 rings (SSSR count). The molecule has 2 aliphatic rings. The standard InChI is InChI=1S/C22H30N2O12S/c1-35-13-5-9-37-14(13)10-24-18(25,26)12-16(15-4-2-3-7-23-15)6-8-36-17(11-16)19(27,28)21(31,32)22(33,34)20(17,29)30/h2-5,7,9,24-34H,6,8,10-12H2,1H3/t16-/m1/s1. The molecule has 15 heteroatoms. The predicted octanol–water partition coefficient (Wildman–Crippen LogP) is -3.51. The van der Waals surface area contributed by atoms with Crippen molar-refractivity contribution >= 4 is 11.3 Å². The minimum absolute atomic E-state index is 0.0611. The van der Waals surface area contributed by atoms with E-state index in [2.05, 4.69) is 10.3 Å². The molecule has 0 bridgehead atoms. The summed E-state index contributed by atoms with van der Waals surface area (Å²) < 4.78 is 10.5. The van der Waals surface area contributed by atoms with Gasteiger partial charge >= 0.3 is 0 Å². The number of aromatic nitrogens is 1. The van der Waals surface area contributed by atoms with Gasteiger partial charge in [-0.3, -0.25) is 10.3 Å². The van der Waals surface area contributed by atoms with Crippen molar-refractivity contribution in [3.05, 3.63) is 46.4 Å². The third kappa shape index (κ3) is 3.90. The maximum absolute atomic E-state index is 10.9. The van der Waals surface area contributed by atoms with Gasteiger partial charge in [-0.15, -0.1) is 11.3 Å². The van der Waals surface area contributed by atoms with Crippen LogP contribution in [0.1, 0.15) is 29.8 Å². The Labute approximate surface area is 214 Å². The first-order chi connectivity index (χ1) is 17.0. The predicted molar refractivity (Wildman–Crippen MR) is 122 cm³/mol. The summed E-state index contributed by atoms with van der Waals surface area (Å²) in [6, 6.07) is 6.24. The van der Waals surface area contributed by atoms with Crippen LogP contribution in [0.5, 0.6) is 5.75 Å². The summed E-state index contributed by atoms with van der Waals surface area (Å²) in [5.41, 5.74) is -4.85. The van der Waals surface area contributed by atoms with Crippen molar-refractivity contribution in [1.29, 1.82) is 0 Å². The van der Waals surface area contributed by atoms with Crippen molar-refractivity contribution in [3.63, 3.8) is 0 Å². The molecule has 1 saturated heterocycles. The molecule has 2 aromatic rings. The van der Waals surface area contributed by atoms with Crippen molar-refractivity contribution in [1.82, 2.24) is 10.3 Å². The fourth-order valence-corrected chi connectivity index (χ4v) is 6.09. The Morgan fingerprint density at radius 1 is 1.00 bits per heavy atom. The van der Waals surface area contributed by atoms with Gasteiger partial charge in [0, 0.05) is 36.9 Å². The number of methoxy groups -OCH3 is 1. The Morgan fingerprint density at radius 2 is 1.65 bits per heavy atom. The van der Waals surface area contributed by atoms with Crippen LogP contribution in [0.15, 0.2) is 35.8 Å². The van der Waals surface area contributed by atoms with Gasteiger partial charge in [0.05, 0.1) is 12.0 Å². The van der Waals surface area contributed by atoms with Crippen molar-refractivity contribution < 1.29 is 60.5 Å². The van der Waals surface area contributed by atoms with Gasteiger partial charge in [0.1, 0.15) is 5.75 Å². The van der Waals surface area contributed by atoms with Crippen LogP contribution in [0.25, 0.3) is 0 Å². The minimum atomic E-state index is -4.32. The highest BCUT2D eigenvalue weighted by Crippen LogP contribution is 2.62. The molecule has 1 saturated carbocycles. The molecule has 1 aliphatic carbocycles. The molecule has 11 N–H and O–H groups in total. The molecule has 1 spiro atoms. The first-order valence-corrected chi connectivity index (χ1v) is 12.0. The Balaban J connectivity index is 1.76. The van der Waals surface area contributed by atoms with Crippen LogP contribution < -0.4 is 10.1 Å². The second-order valence-electron chi connectivity index (χ2n) is 9.55. The molecule has 0 amide bonds. The number of pyridine rings is 1. The van der Waals surface area contributed by atoms with E-state index >= 15 is 0 Å². The minimum Gasteiger partial charge on any atom is -0.496 e. The van der Waals surface area contributed by atoms with Gasteiger partial charge in [-0.1, -0.05) is 6.07 Å². The second-order valence-corrected chi connectivity index (χ2v) is 10.5. The highest BCUT2D eigenvalue weighted by atomic mass is 32.1. The molecule has 1 aliphatic heterocycles. The molecular formula is C22H30N2O12S. The molecule has 0 radical (unpaired) electrons. The molecule has 0 unspecified atom stereocenters. The Bertz CT molecular complexity index is 1090. The van der Waals surface area contributed by atoms with Crippen molar-refractivity contribution in [3.8, 4) is 5.75 Å². The van der Waals surface area contributed by atoms with E-state index in [4.69, 9.17) is 9.47 Å². The van der Waals surface area contributed by atoms with Gasteiger partial charge in [-0.2, -0.15) is 0 Å². The number of nitrogens with one attached hydrogen (secondary N) is 1. The lowest BCUT2D eigenvalue weighted by Gasteiger charge is -2.53. The van der Waals surface area contributed by atoms with Gasteiger partial charge in [-0.25, -0.2) is 0 Å². The quantitative estimate of drug-likeness (QED) is 0.151. The normalized spacial score (nSPS) is 27.3. The Hall–Kier alpha value is -1.83. The number of ether oxygens (including phenoxy) is 2. The second kappa shape index (κ2) is 8.85. The van der Waals surface area contributed by atoms with Gasteiger partial charge < -0.3 is 60.5 Å². The number of nitrogens with zero attached hydrogens (tertiary/aromatic N) is 1. The van der Waals surface area contributed by atoms with E-state index in [-0.39, 0.29) is 18.7 Å². The van der Waals surface area contributed by atoms with Crippen LogP contribution >= 0.6 is 11.3 Å². The largest absolute Gasteiger partial charge is 0.496 e. The number of rotatable bonds is 7. The molecule has 37 heavy (non-hydrogen) atoms. The maximum Gasteiger partial charge on any atom is 0.283 e. The average molecular weight is 547 g/mol. The zero-order valence-corrected chi connectivity index (χ0v) is 20.5. The number of thiophene rings is 1. The fraction of sp³-hybridized carbons (Fsp3) is 0.591. The van der Waals surface area contributed by atoms with Crippen LogP contribution in [0.2, 0.25) is 0 Å². The Morgan fingerprint density at radius 3 is 2.22 bits per heavy atom. The van der Waals surface area contributed by atoms with Crippen molar-refractivity contribution in [2.45, 2.75) is 65.9 Å². The van der Waals surface area contributed by atoms with E-state index in [1.54, 1.807) is 23.6 Å². The lowest BCUT2D eigenvalue weighted by atomic mass is 9.64. The molecule has 2 fully saturated rings. The molecule has 14 nitrogen and oxygen atoms in total. The number of hydrogen-bond acceptors (Lipinski definition) is 15. The van der Waals surface area contributed by atoms with E-state index < -0.39 is 59.5 Å². The van der Waals surface area contributed by atoms with Crippen molar-refractivity contribution in [2.75, 3.05) is 13.7 Å². The number of hydrogen-bond donors (Lipinski definition) is 11. The highest BCUT2D eigenvalue weighted by Gasteiger charge is 2.92. The van der Waals surface area contributed by atoms with Gasteiger partial charge in [0.2, 0.25) is 5.91 Å². The van der Waals surface area contributed by atoms with Gasteiger partial charge in [-0.05, 0) is 36.4 Å². The molecular weight excluding hydrogens is 516 g/mol. The molecule has 1 atom stereocenters. The average Bonchev–Trinajstić information content (AvgIpc) is 3.31. The lowest BCUT2D eigenvalue weighted by Crippen LogP contribution is -2.72. The summed E-state index contributed by atoms with van der Waals surface area (Å²) in [6.07, 6.45) is -0.418. The van der Waals surface area contributed by atoms with E-state index in [0.717, 1.165) is 0 Å². The summed E-state index contributed by atoms with van der Waals surface area (Å²) >= 11 is 1.29. The monoisotopic (exact) mass is 546 g/mol. The van der Waals surface area contributed by atoms with Crippen LogP contribution in [0, 0.1) is 0 Å². The van der Waals surface area contributed by atoms with Crippen LogP contribution in [0.3, 0.4) is 0 Å². The summed E-state index contributed by atoms with van der Waals surface area (Å²) in [7, 11) is 1.45. The van der Waals surface area contributed by atoms with Crippen molar-refractivity contribution in [2.24, 2.45) is 0 Å². The van der Waals surface area contributed by atoms with Crippen LogP contribution in [0.4, 0.5) is 0 Å². The molecule has 2 aromatic heterocycles. The lowest BCUT2D eigenvalue weighted by molar-refractivity contribution is -0.452. The third-order valence-electron chi connectivity index (χ3n) is 7.35. The highest BCUT2D eigenvalue weighted by molar-refractivity contribution is 7.10. The van der Waals surface area contributed by atoms with Crippen LogP contribution in [-0.4, -0.2) is 104 Å². The SMILES string of the molecule is COc1ccsc1CNC(O)(O)C[C@@]1(c2ccccn2)CCOC2(C1)C(O)(O)C(O)(O)C(O)(O)C2(O)O. The smallest absolute Gasteiger partial charge is 0.283 e. The summed E-state index contributed by atoms with van der Waals surface area (Å²) in [4.78, 5) is 4.85. The topological polar surface area (TPSA) is 246 Å². The maximum atomic E-state index is 10.9. The molecule has 206 valence electrons. The summed E-state index contributed by atoms with van der Waals surface area (Å²) in [5, 5.41) is 110. The zero-order valence-electron chi connectivity index (χ0n) is 19.6. The molecule has 0 aromatic carbocycles. The zero-order chi connectivity index (χ0) is 27.5. The van der Waals surface area contributed by atoms with E-state index in [1.807, 2.05) is 0 Å². The number of aliphatic hydroxyl groups is 10. The Kier molecular flexibility index (Phi) is 6.74. The van der Waals surface area contributed by atoms with E-state index in [9.17, 15) is 51.1 Å². The van der Waals surface area contributed by atoms with Crippen LogP contribution in [-0.2, 0) is 16.7 Å². The summed E-state index contributed by atoms with van der Waals surface area (Å²) in [6.45, 7) is -0.613. The first-order valence-electron chi connectivity index (χ1n) is 11.1. The van der Waals surface area contributed by atoms with E-state index in [0.29, 0.717) is 10.6 Å². The third-order valence-corrected chi connectivity index (χ3v) is 8.25. The van der Waals surface area contributed by atoms with Gasteiger partial charge in [0.25, 0.3) is 23.1 Å².